The van der Waals surface area contributed by atoms with Gasteiger partial charge in [-0.25, -0.2) is 0 Å². The Kier molecular flexibility index (Phi) is 2.49. The minimum absolute atomic E-state index is 0.0181. The summed E-state index contributed by atoms with van der Waals surface area (Å²) in [6.45, 7) is 0. The number of nitro groups is 1. The van der Waals surface area contributed by atoms with Crippen molar-refractivity contribution in [2.24, 2.45) is 0 Å². The van der Waals surface area contributed by atoms with Gasteiger partial charge in [0.15, 0.2) is 0 Å². The van der Waals surface area contributed by atoms with Crippen LogP contribution in [0, 0.1) is 15.9 Å². The molecule has 7 nitrogen and oxygen atoms in total. The second-order valence-electron chi connectivity index (χ2n) is 2.77. The minimum atomic E-state index is -1.01. The van der Waals surface area contributed by atoms with Crippen LogP contribution in [0.4, 0.5) is 10.1 Å². The van der Waals surface area contributed by atoms with E-state index in [1.165, 1.54) is 6.33 Å². The van der Waals surface area contributed by atoms with Gasteiger partial charge >= 0.3 is 5.69 Å². The highest BCUT2D eigenvalue weighted by molar-refractivity contribution is 6.32. The second kappa shape index (κ2) is 3.81. The molecule has 2 rings (SSSR count). The third-order valence-electron chi connectivity index (χ3n) is 1.81. The van der Waals surface area contributed by atoms with Gasteiger partial charge in [0.25, 0.3) is 0 Å². The van der Waals surface area contributed by atoms with E-state index in [1.807, 2.05) is 0 Å². The van der Waals surface area contributed by atoms with Crippen LogP contribution >= 0.6 is 11.6 Å². The standard InChI is InChI=1S/C7H3ClFN5O2/c8-4-1-5(9)7(14(15)16)2-6(4)13-3-10-11-12-13/h1-3H. The second-order valence-corrected chi connectivity index (χ2v) is 3.17. The summed E-state index contributed by atoms with van der Waals surface area (Å²) in [6.07, 6.45) is 1.20. The molecule has 0 unspecified atom stereocenters. The summed E-state index contributed by atoms with van der Waals surface area (Å²) < 4.78 is 14.2. The van der Waals surface area contributed by atoms with Gasteiger partial charge in [0.05, 0.1) is 15.6 Å². The van der Waals surface area contributed by atoms with E-state index in [0.29, 0.717) is 0 Å². The quantitative estimate of drug-likeness (QED) is 0.587. The summed E-state index contributed by atoms with van der Waals surface area (Å²) in [6, 6.07) is 1.81. The van der Waals surface area contributed by atoms with E-state index >= 15 is 0 Å². The highest BCUT2D eigenvalue weighted by atomic mass is 35.5. The molecule has 0 bridgehead atoms. The summed E-state index contributed by atoms with van der Waals surface area (Å²) in [5.74, 6) is -1.01. The SMILES string of the molecule is O=[N+]([O-])c1cc(-n2cnnn2)c(Cl)cc1F. The monoisotopic (exact) mass is 243 g/mol. The highest BCUT2D eigenvalue weighted by Crippen LogP contribution is 2.27. The first kappa shape index (κ1) is 10.4. The highest BCUT2D eigenvalue weighted by Gasteiger charge is 2.18. The lowest BCUT2D eigenvalue weighted by Crippen LogP contribution is -2.00. The fraction of sp³-hybridized carbons (Fsp3) is 0. The van der Waals surface area contributed by atoms with Gasteiger partial charge in [-0.3, -0.25) is 10.1 Å². The van der Waals surface area contributed by atoms with Crippen molar-refractivity contribution in [2.75, 3.05) is 0 Å². The van der Waals surface area contributed by atoms with Crippen LogP contribution in [-0.2, 0) is 0 Å². The third-order valence-corrected chi connectivity index (χ3v) is 2.11. The number of halogens is 2. The predicted octanol–water partition coefficient (Wildman–Crippen LogP) is 1.36. The summed E-state index contributed by atoms with van der Waals surface area (Å²) in [4.78, 5) is 9.67. The molecular weight excluding hydrogens is 241 g/mol. The Balaban J connectivity index is 2.63. The predicted molar refractivity (Wildman–Crippen MR) is 50.8 cm³/mol. The van der Waals surface area contributed by atoms with Gasteiger partial charge < -0.3 is 0 Å². The molecule has 1 aromatic heterocycles. The largest absolute Gasteiger partial charge is 0.307 e. The molecule has 9 heteroatoms. The van der Waals surface area contributed by atoms with Gasteiger partial charge in [-0.1, -0.05) is 11.6 Å². The molecule has 0 aliphatic heterocycles. The first-order valence-corrected chi connectivity index (χ1v) is 4.34. The van der Waals surface area contributed by atoms with E-state index in [4.69, 9.17) is 11.6 Å². The smallest absolute Gasteiger partial charge is 0.258 e. The van der Waals surface area contributed by atoms with Gasteiger partial charge in [-0.05, 0) is 10.4 Å². The van der Waals surface area contributed by atoms with Crippen molar-refractivity contribution < 1.29 is 9.31 Å². The zero-order valence-electron chi connectivity index (χ0n) is 7.54. The van der Waals surface area contributed by atoms with Gasteiger partial charge in [0, 0.05) is 12.1 Å². The van der Waals surface area contributed by atoms with E-state index in [-0.39, 0.29) is 10.7 Å². The Labute approximate surface area is 92.6 Å². The molecule has 0 aliphatic rings. The Morgan fingerprint density at radius 1 is 1.50 bits per heavy atom. The molecule has 82 valence electrons. The van der Waals surface area contributed by atoms with E-state index in [9.17, 15) is 14.5 Å². The maximum atomic E-state index is 13.1. The number of benzene rings is 1. The molecule has 0 saturated carbocycles. The average molecular weight is 244 g/mol. The third kappa shape index (κ3) is 1.70. The summed E-state index contributed by atoms with van der Waals surface area (Å²) in [5.41, 5.74) is -0.547. The van der Waals surface area contributed by atoms with Crippen LogP contribution in [0.5, 0.6) is 0 Å². The van der Waals surface area contributed by atoms with Gasteiger partial charge in [0.1, 0.15) is 6.33 Å². The number of nitro benzene ring substituents is 1. The minimum Gasteiger partial charge on any atom is -0.258 e. The van der Waals surface area contributed by atoms with Crippen LogP contribution in [-0.4, -0.2) is 25.1 Å². The number of hydrogen-bond donors (Lipinski definition) is 0. The molecule has 1 aromatic carbocycles. The topological polar surface area (TPSA) is 86.7 Å². The Bertz CT molecular complexity index is 544. The molecule has 0 N–H and O–H groups in total. The summed E-state index contributed by atoms with van der Waals surface area (Å²) in [7, 11) is 0. The van der Waals surface area contributed by atoms with Crippen LogP contribution in [0.25, 0.3) is 5.69 Å². The molecule has 0 atom stereocenters. The maximum absolute atomic E-state index is 13.1. The molecule has 0 fully saturated rings. The van der Waals surface area contributed by atoms with Crippen molar-refractivity contribution in [1.29, 1.82) is 0 Å². The lowest BCUT2D eigenvalue weighted by Gasteiger charge is -2.02. The molecule has 1 heterocycles. The van der Waals surface area contributed by atoms with Gasteiger partial charge in [-0.2, -0.15) is 9.07 Å². The number of nitrogens with zero attached hydrogens (tertiary/aromatic N) is 5. The molecule has 0 radical (unpaired) electrons. The molecule has 0 saturated heterocycles. The first-order valence-electron chi connectivity index (χ1n) is 3.96. The van der Waals surface area contributed by atoms with E-state index in [2.05, 4.69) is 15.5 Å². The lowest BCUT2D eigenvalue weighted by molar-refractivity contribution is -0.387. The van der Waals surface area contributed by atoms with E-state index < -0.39 is 16.4 Å². The van der Waals surface area contributed by atoms with Gasteiger partial charge in [0.2, 0.25) is 5.82 Å². The molecule has 16 heavy (non-hydrogen) atoms. The fourth-order valence-corrected chi connectivity index (χ4v) is 1.35. The number of hydrogen-bond acceptors (Lipinski definition) is 5. The number of tetrazole rings is 1. The Morgan fingerprint density at radius 3 is 2.81 bits per heavy atom. The Morgan fingerprint density at radius 2 is 2.25 bits per heavy atom. The number of rotatable bonds is 2. The average Bonchev–Trinajstić information content (AvgIpc) is 2.70. The van der Waals surface area contributed by atoms with Crippen LogP contribution in [0.3, 0.4) is 0 Å². The van der Waals surface area contributed by atoms with Crippen LogP contribution in [0.15, 0.2) is 18.5 Å². The lowest BCUT2D eigenvalue weighted by atomic mass is 10.2. The molecule has 0 spiro atoms. The normalized spacial score (nSPS) is 10.4. The summed E-state index contributed by atoms with van der Waals surface area (Å²) >= 11 is 5.72. The van der Waals surface area contributed by atoms with Crippen molar-refractivity contribution in [3.63, 3.8) is 0 Å². The van der Waals surface area contributed by atoms with Crippen molar-refractivity contribution in [3.05, 3.63) is 39.4 Å². The first-order chi connectivity index (χ1) is 7.59. The van der Waals surface area contributed by atoms with Crippen molar-refractivity contribution >= 4 is 17.3 Å². The van der Waals surface area contributed by atoms with E-state index in [1.54, 1.807) is 0 Å². The molecule has 2 aromatic rings. The van der Waals surface area contributed by atoms with Crippen molar-refractivity contribution in [1.82, 2.24) is 20.2 Å². The fourth-order valence-electron chi connectivity index (χ4n) is 1.11. The Hall–Kier alpha value is -2.09. The molecule has 0 amide bonds. The molecule has 0 aliphatic carbocycles. The maximum Gasteiger partial charge on any atom is 0.307 e. The van der Waals surface area contributed by atoms with Crippen LogP contribution in [0.2, 0.25) is 5.02 Å². The summed E-state index contributed by atoms with van der Waals surface area (Å²) in [5, 5.41) is 20.7. The zero-order valence-corrected chi connectivity index (χ0v) is 8.30. The van der Waals surface area contributed by atoms with Crippen LogP contribution in [0.1, 0.15) is 0 Å². The van der Waals surface area contributed by atoms with Gasteiger partial charge in [-0.15, -0.1) is 5.10 Å². The van der Waals surface area contributed by atoms with Crippen LogP contribution < -0.4 is 0 Å². The van der Waals surface area contributed by atoms with Crippen molar-refractivity contribution in [3.8, 4) is 5.69 Å². The molecular formula is C7H3ClFN5O2. The number of aromatic nitrogens is 4. The van der Waals surface area contributed by atoms with E-state index in [0.717, 1.165) is 16.8 Å². The zero-order chi connectivity index (χ0) is 11.7. The van der Waals surface area contributed by atoms with Crippen molar-refractivity contribution in [2.45, 2.75) is 0 Å².